The Hall–Kier alpha value is -1.14. The highest BCUT2D eigenvalue weighted by Crippen LogP contribution is 2.33. The van der Waals surface area contributed by atoms with Crippen molar-refractivity contribution in [2.75, 3.05) is 12.9 Å². The summed E-state index contributed by atoms with van der Waals surface area (Å²) in [5.74, 6) is -5.66. The molecule has 0 bridgehead atoms. The molecule has 6 heteroatoms. The number of ether oxygens (including phenoxy) is 1. The first-order chi connectivity index (χ1) is 8.43. The predicted molar refractivity (Wildman–Crippen MR) is 64.8 cm³/mol. The number of carbonyl (C=O) groups excluding carboxylic acids is 1. The molecule has 0 aliphatic carbocycles. The lowest BCUT2D eigenvalue weighted by Gasteiger charge is -2.20. The van der Waals surface area contributed by atoms with Crippen LogP contribution in [0.4, 0.5) is 8.78 Å². The van der Waals surface area contributed by atoms with E-state index in [0.717, 1.165) is 4.90 Å². The Morgan fingerprint density at radius 2 is 2.00 bits per heavy atom. The van der Waals surface area contributed by atoms with Gasteiger partial charge < -0.3 is 9.84 Å². The molecule has 1 aromatic rings. The molecule has 0 aliphatic heterocycles. The van der Waals surface area contributed by atoms with Gasteiger partial charge in [-0.05, 0) is 30.9 Å². The number of hydrogen-bond donors (Lipinski definition) is 1. The Kier molecular flexibility index (Phi) is 5.10. The van der Waals surface area contributed by atoms with Crippen molar-refractivity contribution >= 4 is 17.7 Å². The van der Waals surface area contributed by atoms with Crippen LogP contribution >= 0.6 is 11.8 Å². The third-order valence-corrected chi connectivity index (χ3v) is 3.07. The molecule has 1 aromatic carbocycles. The first-order valence-corrected chi connectivity index (χ1v) is 6.53. The first-order valence-electron chi connectivity index (χ1n) is 5.30. The molecule has 0 aromatic heterocycles. The molecule has 0 aliphatic rings. The Bertz CT molecular complexity index is 406. The van der Waals surface area contributed by atoms with Crippen molar-refractivity contribution in [2.45, 2.75) is 23.8 Å². The van der Waals surface area contributed by atoms with Gasteiger partial charge in [0, 0.05) is 4.90 Å². The Labute approximate surface area is 108 Å². The van der Waals surface area contributed by atoms with Gasteiger partial charge in [-0.15, -0.1) is 11.8 Å². The summed E-state index contributed by atoms with van der Waals surface area (Å²) in [5.41, 5.74) is -0.0224. The molecule has 0 fully saturated rings. The second kappa shape index (κ2) is 6.15. The maximum Gasteiger partial charge on any atom is 0.380 e. The van der Waals surface area contributed by atoms with E-state index >= 15 is 0 Å². The van der Waals surface area contributed by atoms with Crippen molar-refractivity contribution in [3.05, 3.63) is 29.8 Å². The van der Waals surface area contributed by atoms with E-state index in [-0.39, 0.29) is 12.2 Å². The number of hydrogen-bond acceptors (Lipinski definition) is 4. The number of benzene rings is 1. The molecule has 0 saturated carbocycles. The van der Waals surface area contributed by atoms with E-state index in [1.807, 2.05) is 6.26 Å². The Morgan fingerprint density at radius 3 is 2.44 bits per heavy atom. The predicted octanol–water partition coefficient (Wildman–Crippen LogP) is 2.64. The fourth-order valence-electron chi connectivity index (χ4n) is 1.33. The summed E-state index contributed by atoms with van der Waals surface area (Å²) < 4.78 is 31.3. The van der Waals surface area contributed by atoms with Gasteiger partial charge in [0.15, 0.2) is 6.10 Å². The highest BCUT2D eigenvalue weighted by atomic mass is 32.2. The molecule has 0 saturated heterocycles. The number of aliphatic hydroxyl groups excluding tert-OH is 1. The molecule has 1 atom stereocenters. The fourth-order valence-corrected chi connectivity index (χ4v) is 1.74. The van der Waals surface area contributed by atoms with E-state index in [1.165, 1.54) is 30.8 Å². The SMILES string of the molecule is CCOC(=O)C(F)(F)[C@@H](O)c1ccc(SC)cc1. The third-order valence-electron chi connectivity index (χ3n) is 2.32. The topological polar surface area (TPSA) is 46.5 Å². The van der Waals surface area contributed by atoms with Gasteiger partial charge >= 0.3 is 11.9 Å². The lowest BCUT2D eigenvalue weighted by molar-refractivity contribution is -0.189. The maximum absolute atomic E-state index is 13.5. The molecule has 18 heavy (non-hydrogen) atoms. The highest BCUT2D eigenvalue weighted by molar-refractivity contribution is 7.98. The summed E-state index contributed by atoms with van der Waals surface area (Å²) in [7, 11) is 0. The molecule has 1 N–H and O–H groups in total. The molecule has 100 valence electrons. The van der Waals surface area contributed by atoms with Gasteiger partial charge in [-0.2, -0.15) is 8.78 Å². The van der Waals surface area contributed by atoms with Crippen molar-refractivity contribution in [1.82, 2.24) is 0 Å². The van der Waals surface area contributed by atoms with Crippen LogP contribution in [-0.4, -0.2) is 29.9 Å². The smallest absolute Gasteiger partial charge is 0.380 e. The van der Waals surface area contributed by atoms with Gasteiger partial charge in [0.05, 0.1) is 6.61 Å². The average Bonchev–Trinajstić information content (AvgIpc) is 2.38. The molecule has 0 amide bonds. The van der Waals surface area contributed by atoms with Crippen molar-refractivity contribution < 1.29 is 23.4 Å². The zero-order valence-electron chi connectivity index (χ0n) is 10.0. The maximum atomic E-state index is 13.5. The van der Waals surface area contributed by atoms with Crippen molar-refractivity contribution in [1.29, 1.82) is 0 Å². The minimum Gasteiger partial charge on any atom is -0.461 e. The molecule has 0 spiro atoms. The molecule has 0 radical (unpaired) electrons. The van der Waals surface area contributed by atoms with Crippen LogP contribution in [-0.2, 0) is 9.53 Å². The van der Waals surface area contributed by atoms with E-state index in [1.54, 1.807) is 12.1 Å². The van der Waals surface area contributed by atoms with Crippen LogP contribution in [0.5, 0.6) is 0 Å². The monoisotopic (exact) mass is 276 g/mol. The highest BCUT2D eigenvalue weighted by Gasteiger charge is 2.48. The zero-order valence-corrected chi connectivity index (χ0v) is 10.8. The van der Waals surface area contributed by atoms with E-state index in [0.29, 0.717) is 0 Å². The standard InChI is InChI=1S/C12H14F2O3S/c1-3-17-11(16)12(13,14)10(15)8-4-6-9(18-2)7-5-8/h4-7,10,15H,3H2,1-2H3/t10-/m0/s1. The van der Waals surface area contributed by atoms with Crippen LogP contribution in [0.25, 0.3) is 0 Å². The molecule has 0 unspecified atom stereocenters. The number of carbonyl (C=O) groups is 1. The van der Waals surface area contributed by atoms with Crippen LogP contribution in [0.3, 0.4) is 0 Å². The average molecular weight is 276 g/mol. The van der Waals surface area contributed by atoms with Crippen LogP contribution < -0.4 is 0 Å². The number of rotatable bonds is 5. The number of thioether (sulfide) groups is 1. The summed E-state index contributed by atoms with van der Waals surface area (Å²) in [5, 5.41) is 9.55. The zero-order chi connectivity index (χ0) is 13.8. The number of halogens is 2. The number of esters is 1. The molecule has 0 heterocycles. The van der Waals surface area contributed by atoms with Crippen LogP contribution in [0.1, 0.15) is 18.6 Å². The second-order valence-electron chi connectivity index (χ2n) is 3.52. The second-order valence-corrected chi connectivity index (χ2v) is 4.40. The molecule has 1 rings (SSSR count). The lowest BCUT2D eigenvalue weighted by atomic mass is 10.0. The number of alkyl halides is 2. The van der Waals surface area contributed by atoms with Gasteiger partial charge in [0.1, 0.15) is 0 Å². The minimum atomic E-state index is -3.95. The van der Waals surface area contributed by atoms with E-state index in [4.69, 9.17) is 0 Å². The van der Waals surface area contributed by atoms with Crippen molar-refractivity contribution in [3.8, 4) is 0 Å². The number of aliphatic hydroxyl groups is 1. The molecular weight excluding hydrogens is 262 g/mol. The normalized spacial score (nSPS) is 13.2. The summed E-state index contributed by atoms with van der Waals surface area (Å²) >= 11 is 1.45. The Balaban J connectivity index is 2.90. The van der Waals surface area contributed by atoms with E-state index < -0.39 is 18.0 Å². The van der Waals surface area contributed by atoms with E-state index in [2.05, 4.69) is 4.74 Å². The van der Waals surface area contributed by atoms with Gasteiger partial charge in [-0.1, -0.05) is 12.1 Å². The van der Waals surface area contributed by atoms with Gasteiger partial charge in [0.2, 0.25) is 0 Å². The van der Waals surface area contributed by atoms with Crippen molar-refractivity contribution in [3.63, 3.8) is 0 Å². The van der Waals surface area contributed by atoms with Crippen LogP contribution in [0.15, 0.2) is 29.2 Å². The van der Waals surface area contributed by atoms with Gasteiger partial charge in [0.25, 0.3) is 0 Å². The summed E-state index contributed by atoms with van der Waals surface area (Å²) in [4.78, 5) is 11.9. The summed E-state index contributed by atoms with van der Waals surface area (Å²) in [6.45, 7) is 1.26. The quantitative estimate of drug-likeness (QED) is 0.663. The van der Waals surface area contributed by atoms with Crippen molar-refractivity contribution in [2.24, 2.45) is 0 Å². The fraction of sp³-hybridized carbons (Fsp3) is 0.417. The minimum absolute atomic E-state index is 0.0224. The van der Waals surface area contributed by atoms with E-state index in [9.17, 15) is 18.7 Å². The summed E-state index contributed by atoms with van der Waals surface area (Å²) in [6, 6.07) is 5.93. The lowest BCUT2D eigenvalue weighted by Crippen LogP contribution is -2.37. The van der Waals surface area contributed by atoms with Crippen LogP contribution in [0.2, 0.25) is 0 Å². The third kappa shape index (κ3) is 3.20. The first kappa shape index (κ1) is 14.9. The Morgan fingerprint density at radius 1 is 1.44 bits per heavy atom. The van der Waals surface area contributed by atoms with Gasteiger partial charge in [-0.25, -0.2) is 4.79 Å². The largest absolute Gasteiger partial charge is 0.461 e. The molecular formula is C12H14F2O3S. The molecule has 3 nitrogen and oxygen atoms in total. The van der Waals surface area contributed by atoms with Crippen LogP contribution in [0, 0.1) is 0 Å². The summed E-state index contributed by atoms with van der Waals surface area (Å²) in [6.07, 6.45) is -0.356. The van der Waals surface area contributed by atoms with Gasteiger partial charge in [-0.3, -0.25) is 0 Å².